The molecule has 0 aliphatic carbocycles. The Morgan fingerprint density at radius 1 is 1.25 bits per heavy atom. The van der Waals surface area contributed by atoms with Crippen LogP contribution in [-0.2, 0) is 13.1 Å². The molecule has 4 heteroatoms. The molecular weight excluding hydrogens is 266 g/mol. The Kier molecular flexibility index (Phi) is 6.02. The Balaban J connectivity index is 1.96. The van der Waals surface area contributed by atoms with Gasteiger partial charge in [0.25, 0.3) is 0 Å². The van der Waals surface area contributed by atoms with E-state index in [-0.39, 0.29) is 0 Å². The molecule has 0 radical (unpaired) electrons. The molecule has 0 saturated heterocycles. The summed E-state index contributed by atoms with van der Waals surface area (Å²) in [6.07, 6.45) is 3.14. The van der Waals surface area contributed by atoms with Gasteiger partial charge in [0.2, 0.25) is 0 Å². The van der Waals surface area contributed by atoms with Gasteiger partial charge in [0.15, 0.2) is 0 Å². The summed E-state index contributed by atoms with van der Waals surface area (Å²) in [5.41, 5.74) is 1.24. The van der Waals surface area contributed by atoms with Gasteiger partial charge in [-0.15, -0.1) is 11.3 Å². The van der Waals surface area contributed by atoms with Crippen LogP contribution in [0.2, 0.25) is 0 Å². The van der Waals surface area contributed by atoms with E-state index in [0.29, 0.717) is 0 Å². The number of rotatable bonds is 8. The maximum absolute atomic E-state index is 4.60. The van der Waals surface area contributed by atoms with Crippen LogP contribution in [0.15, 0.2) is 35.8 Å². The van der Waals surface area contributed by atoms with Crippen LogP contribution < -0.4 is 10.2 Å². The lowest BCUT2D eigenvalue weighted by molar-refractivity contribution is 0.673. The van der Waals surface area contributed by atoms with Gasteiger partial charge >= 0.3 is 0 Å². The molecule has 0 fully saturated rings. The lowest BCUT2D eigenvalue weighted by Crippen LogP contribution is -2.22. The molecule has 108 valence electrons. The van der Waals surface area contributed by atoms with Gasteiger partial charge < -0.3 is 10.2 Å². The SMILES string of the molecule is CCCNCc1ccc(N(CC)Cc2cccs2)nc1. The highest BCUT2D eigenvalue weighted by Gasteiger charge is 2.07. The minimum atomic E-state index is 0.901. The average Bonchev–Trinajstić information content (AvgIpc) is 2.99. The molecule has 0 amide bonds. The molecule has 0 spiro atoms. The second-order valence-corrected chi connectivity index (χ2v) is 5.83. The fraction of sp³-hybridized carbons (Fsp3) is 0.438. The van der Waals surface area contributed by atoms with E-state index in [4.69, 9.17) is 0 Å². The molecule has 1 N–H and O–H groups in total. The van der Waals surface area contributed by atoms with E-state index in [2.05, 4.69) is 58.7 Å². The summed E-state index contributed by atoms with van der Waals surface area (Å²) in [5.74, 6) is 1.06. The molecule has 0 aliphatic rings. The number of thiophene rings is 1. The fourth-order valence-electron chi connectivity index (χ4n) is 2.06. The largest absolute Gasteiger partial charge is 0.352 e. The first-order chi connectivity index (χ1) is 9.83. The minimum absolute atomic E-state index is 0.901. The van der Waals surface area contributed by atoms with Crippen molar-refractivity contribution in [3.8, 4) is 0 Å². The topological polar surface area (TPSA) is 28.2 Å². The molecule has 2 heterocycles. The predicted octanol–water partition coefficient (Wildman–Crippen LogP) is 3.67. The standard InChI is InChI=1S/C16H23N3S/c1-3-9-17-11-14-7-8-16(18-12-14)19(4-2)13-15-6-5-10-20-15/h5-8,10,12,17H,3-4,9,11,13H2,1-2H3. The lowest BCUT2D eigenvalue weighted by Gasteiger charge is -2.21. The monoisotopic (exact) mass is 289 g/mol. The summed E-state index contributed by atoms with van der Waals surface area (Å²) < 4.78 is 0. The summed E-state index contributed by atoms with van der Waals surface area (Å²) in [7, 11) is 0. The Morgan fingerprint density at radius 3 is 2.75 bits per heavy atom. The predicted molar refractivity (Wildman–Crippen MR) is 87.3 cm³/mol. The molecule has 0 aliphatic heterocycles. The molecule has 3 nitrogen and oxygen atoms in total. The van der Waals surface area contributed by atoms with Crippen LogP contribution in [0.3, 0.4) is 0 Å². The molecule has 0 aromatic carbocycles. The van der Waals surface area contributed by atoms with Crippen LogP contribution in [-0.4, -0.2) is 18.1 Å². The summed E-state index contributed by atoms with van der Waals surface area (Å²) in [6, 6.07) is 8.57. The van der Waals surface area contributed by atoms with E-state index >= 15 is 0 Å². The molecule has 0 saturated carbocycles. The van der Waals surface area contributed by atoms with Crippen molar-refractivity contribution in [3.63, 3.8) is 0 Å². The van der Waals surface area contributed by atoms with Crippen molar-refractivity contribution in [3.05, 3.63) is 46.3 Å². The van der Waals surface area contributed by atoms with Gasteiger partial charge in [0, 0.05) is 24.2 Å². The van der Waals surface area contributed by atoms with Crippen molar-refractivity contribution in [2.75, 3.05) is 18.0 Å². The molecule has 2 aromatic rings. The number of hydrogen-bond donors (Lipinski definition) is 1. The molecule has 20 heavy (non-hydrogen) atoms. The van der Waals surface area contributed by atoms with Gasteiger partial charge in [-0.3, -0.25) is 0 Å². The summed E-state index contributed by atoms with van der Waals surface area (Å²) >= 11 is 1.80. The van der Waals surface area contributed by atoms with Crippen molar-refractivity contribution in [2.24, 2.45) is 0 Å². The molecule has 2 rings (SSSR count). The number of aromatic nitrogens is 1. The molecule has 0 bridgehead atoms. The number of hydrogen-bond acceptors (Lipinski definition) is 4. The maximum Gasteiger partial charge on any atom is 0.128 e. The highest BCUT2D eigenvalue weighted by Crippen LogP contribution is 2.17. The quantitative estimate of drug-likeness (QED) is 0.752. The second-order valence-electron chi connectivity index (χ2n) is 4.79. The normalized spacial score (nSPS) is 10.7. The van der Waals surface area contributed by atoms with Crippen LogP contribution in [0.4, 0.5) is 5.82 Å². The second kappa shape index (κ2) is 8.02. The van der Waals surface area contributed by atoms with Gasteiger partial charge in [0.1, 0.15) is 5.82 Å². The van der Waals surface area contributed by atoms with Crippen molar-refractivity contribution in [1.82, 2.24) is 10.3 Å². The van der Waals surface area contributed by atoms with Crippen LogP contribution in [0.25, 0.3) is 0 Å². The number of nitrogens with zero attached hydrogens (tertiary/aromatic N) is 2. The zero-order valence-electron chi connectivity index (χ0n) is 12.3. The summed E-state index contributed by atoms with van der Waals surface area (Å²) in [6.45, 7) is 8.22. The smallest absolute Gasteiger partial charge is 0.128 e. The van der Waals surface area contributed by atoms with Crippen molar-refractivity contribution in [2.45, 2.75) is 33.4 Å². The first-order valence-electron chi connectivity index (χ1n) is 7.26. The highest BCUT2D eigenvalue weighted by atomic mass is 32.1. The Morgan fingerprint density at radius 2 is 2.15 bits per heavy atom. The van der Waals surface area contributed by atoms with Crippen molar-refractivity contribution < 1.29 is 0 Å². The Bertz CT molecular complexity index is 479. The Labute approximate surface area is 125 Å². The number of anilines is 1. The van der Waals surface area contributed by atoms with E-state index in [1.54, 1.807) is 11.3 Å². The van der Waals surface area contributed by atoms with Gasteiger partial charge in [-0.25, -0.2) is 4.98 Å². The van der Waals surface area contributed by atoms with Crippen LogP contribution in [0.1, 0.15) is 30.7 Å². The molecule has 0 atom stereocenters. The third-order valence-corrected chi connectivity index (χ3v) is 4.06. The van der Waals surface area contributed by atoms with Gasteiger partial charge in [-0.2, -0.15) is 0 Å². The lowest BCUT2D eigenvalue weighted by atomic mass is 10.2. The van der Waals surface area contributed by atoms with Gasteiger partial charge in [-0.1, -0.05) is 19.1 Å². The van der Waals surface area contributed by atoms with E-state index in [9.17, 15) is 0 Å². The van der Waals surface area contributed by atoms with Crippen molar-refractivity contribution >= 4 is 17.2 Å². The Hall–Kier alpha value is -1.39. The zero-order chi connectivity index (χ0) is 14.2. The van der Waals surface area contributed by atoms with E-state index in [0.717, 1.165) is 38.4 Å². The minimum Gasteiger partial charge on any atom is -0.352 e. The van der Waals surface area contributed by atoms with E-state index in [1.807, 2.05) is 6.20 Å². The molecular formula is C16H23N3S. The summed E-state index contributed by atoms with van der Waals surface area (Å²) in [5, 5.41) is 5.52. The molecule has 0 unspecified atom stereocenters. The third kappa shape index (κ3) is 4.32. The van der Waals surface area contributed by atoms with E-state index in [1.165, 1.54) is 10.4 Å². The number of nitrogens with one attached hydrogen (secondary N) is 1. The van der Waals surface area contributed by atoms with Gasteiger partial charge in [-0.05, 0) is 43.0 Å². The zero-order valence-corrected chi connectivity index (χ0v) is 13.1. The third-order valence-electron chi connectivity index (χ3n) is 3.20. The number of pyridine rings is 1. The van der Waals surface area contributed by atoms with E-state index < -0.39 is 0 Å². The van der Waals surface area contributed by atoms with Crippen LogP contribution >= 0.6 is 11.3 Å². The molecule has 2 aromatic heterocycles. The average molecular weight is 289 g/mol. The van der Waals surface area contributed by atoms with Gasteiger partial charge in [0.05, 0.1) is 6.54 Å². The maximum atomic E-state index is 4.60. The fourth-order valence-corrected chi connectivity index (χ4v) is 2.78. The highest BCUT2D eigenvalue weighted by molar-refractivity contribution is 7.09. The summed E-state index contributed by atoms with van der Waals surface area (Å²) in [4.78, 5) is 8.28. The van der Waals surface area contributed by atoms with Crippen molar-refractivity contribution in [1.29, 1.82) is 0 Å². The van der Waals surface area contributed by atoms with Crippen LogP contribution in [0, 0.1) is 0 Å². The first-order valence-corrected chi connectivity index (χ1v) is 8.14. The first kappa shape index (κ1) is 15.0. The van der Waals surface area contributed by atoms with Crippen LogP contribution in [0.5, 0.6) is 0 Å².